The molecule has 3 aromatic rings. The van der Waals surface area contributed by atoms with Crippen LogP contribution in [0.4, 0.5) is 0 Å². The maximum atomic E-state index is 12.6. The van der Waals surface area contributed by atoms with Crippen LogP contribution in [0.25, 0.3) is 11.0 Å². The highest BCUT2D eigenvalue weighted by Crippen LogP contribution is 2.18. The zero-order chi connectivity index (χ0) is 20.3. The van der Waals surface area contributed by atoms with Crippen molar-refractivity contribution in [2.45, 2.75) is 17.4 Å². The Kier molecular flexibility index (Phi) is 5.51. The minimum Gasteiger partial charge on any atom is -0.467 e. The van der Waals surface area contributed by atoms with Crippen molar-refractivity contribution in [2.75, 3.05) is 13.4 Å². The maximum absolute atomic E-state index is 12.6. The first-order chi connectivity index (χ1) is 13.3. The second-order valence-corrected chi connectivity index (χ2v) is 8.36. The molecule has 146 valence electrons. The van der Waals surface area contributed by atoms with Crippen molar-refractivity contribution in [2.24, 2.45) is 0 Å². The van der Waals surface area contributed by atoms with Gasteiger partial charge in [0.05, 0.1) is 18.3 Å². The second kappa shape index (κ2) is 7.85. The Labute approximate surface area is 162 Å². The molecule has 0 fully saturated rings. The molecular formula is C20H19NO6S. The van der Waals surface area contributed by atoms with E-state index in [9.17, 15) is 18.0 Å². The van der Waals surface area contributed by atoms with Crippen molar-refractivity contribution < 1.29 is 27.2 Å². The van der Waals surface area contributed by atoms with Gasteiger partial charge in [-0.05, 0) is 35.9 Å². The highest BCUT2D eigenvalue weighted by Gasteiger charge is 2.23. The average molecular weight is 401 g/mol. The molecule has 8 heteroatoms. The number of rotatable bonds is 6. The van der Waals surface area contributed by atoms with Gasteiger partial charge in [0.25, 0.3) is 5.91 Å². The summed E-state index contributed by atoms with van der Waals surface area (Å²) in [6.07, 6.45) is 2.72. The Balaban J connectivity index is 1.82. The normalized spacial score (nSPS) is 12.5. The third-order valence-electron chi connectivity index (χ3n) is 4.28. The number of carbonyl (C=O) groups excluding carboxylic acids is 2. The van der Waals surface area contributed by atoms with Crippen LogP contribution >= 0.6 is 0 Å². The van der Waals surface area contributed by atoms with Gasteiger partial charge >= 0.3 is 5.97 Å². The Morgan fingerprint density at radius 1 is 1.14 bits per heavy atom. The van der Waals surface area contributed by atoms with Crippen LogP contribution in [0.5, 0.6) is 0 Å². The van der Waals surface area contributed by atoms with Crippen molar-refractivity contribution in [1.29, 1.82) is 0 Å². The number of carbonyl (C=O) groups is 2. The first-order valence-electron chi connectivity index (χ1n) is 8.43. The van der Waals surface area contributed by atoms with Crippen molar-refractivity contribution in [1.82, 2.24) is 5.32 Å². The van der Waals surface area contributed by atoms with Gasteiger partial charge in [-0.15, -0.1) is 0 Å². The van der Waals surface area contributed by atoms with Crippen LogP contribution in [-0.2, 0) is 25.8 Å². The number of fused-ring (bicyclic) bond motifs is 1. The van der Waals surface area contributed by atoms with E-state index in [1.165, 1.54) is 25.5 Å². The van der Waals surface area contributed by atoms with Crippen LogP contribution in [-0.4, -0.2) is 39.7 Å². The first-order valence-corrected chi connectivity index (χ1v) is 10.3. The van der Waals surface area contributed by atoms with Gasteiger partial charge < -0.3 is 14.5 Å². The lowest BCUT2D eigenvalue weighted by Crippen LogP contribution is -2.43. The third-order valence-corrected chi connectivity index (χ3v) is 5.39. The van der Waals surface area contributed by atoms with E-state index in [4.69, 9.17) is 9.15 Å². The number of nitrogens with one attached hydrogen (secondary N) is 1. The SMILES string of the molecule is COC(=O)[C@H](Cc1cccc(S(C)(=O)=O)c1)NC(=O)c1ccc2ccoc2c1. The number of hydrogen-bond acceptors (Lipinski definition) is 6. The minimum absolute atomic E-state index is 0.0881. The summed E-state index contributed by atoms with van der Waals surface area (Å²) in [4.78, 5) is 24.9. The van der Waals surface area contributed by atoms with E-state index in [1.807, 2.05) is 0 Å². The first kappa shape index (κ1) is 19.6. The van der Waals surface area contributed by atoms with Crippen molar-refractivity contribution >= 4 is 32.7 Å². The highest BCUT2D eigenvalue weighted by molar-refractivity contribution is 7.90. The Morgan fingerprint density at radius 3 is 2.64 bits per heavy atom. The van der Waals surface area contributed by atoms with E-state index in [1.54, 1.807) is 36.4 Å². The smallest absolute Gasteiger partial charge is 0.328 e. The molecule has 1 heterocycles. The summed E-state index contributed by atoms with van der Waals surface area (Å²) in [6.45, 7) is 0. The predicted octanol–water partition coefficient (Wildman–Crippen LogP) is 2.35. The van der Waals surface area contributed by atoms with E-state index < -0.39 is 27.8 Å². The molecule has 0 aliphatic carbocycles. The number of esters is 1. The van der Waals surface area contributed by atoms with Gasteiger partial charge in [-0.1, -0.05) is 18.2 Å². The molecule has 7 nitrogen and oxygen atoms in total. The van der Waals surface area contributed by atoms with Crippen molar-refractivity contribution in [3.8, 4) is 0 Å². The van der Waals surface area contributed by atoms with E-state index in [-0.39, 0.29) is 11.3 Å². The van der Waals surface area contributed by atoms with Crippen LogP contribution in [0.2, 0.25) is 0 Å². The number of furan rings is 1. The highest BCUT2D eigenvalue weighted by atomic mass is 32.2. The van der Waals surface area contributed by atoms with Gasteiger partial charge in [0.15, 0.2) is 9.84 Å². The maximum Gasteiger partial charge on any atom is 0.328 e. The molecule has 0 aliphatic rings. The summed E-state index contributed by atoms with van der Waals surface area (Å²) in [5.41, 5.74) is 1.48. The van der Waals surface area contributed by atoms with Gasteiger partial charge in [0.1, 0.15) is 11.6 Å². The van der Waals surface area contributed by atoms with Crippen LogP contribution in [0.1, 0.15) is 15.9 Å². The number of sulfone groups is 1. The molecule has 0 radical (unpaired) electrons. The van der Waals surface area contributed by atoms with E-state index in [0.717, 1.165) is 11.6 Å². The molecule has 0 unspecified atom stereocenters. The average Bonchev–Trinajstić information content (AvgIpc) is 3.14. The summed E-state index contributed by atoms with van der Waals surface area (Å²) in [6, 6.07) is 12.0. The molecule has 0 aliphatic heterocycles. The van der Waals surface area contributed by atoms with Gasteiger partial charge in [-0.3, -0.25) is 4.79 Å². The Hall–Kier alpha value is -3.13. The molecule has 0 bridgehead atoms. The Bertz CT molecular complexity index is 1130. The molecule has 1 atom stereocenters. The topological polar surface area (TPSA) is 103 Å². The van der Waals surface area contributed by atoms with E-state index in [2.05, 4.69) is 5.32 Å². The fraction of sp³-hybridized carbons (Fsp3) is 0.200. The summed E-state index contributed by atoms with van der Waals surface area (Å²) in [5.74, 6) is -1.09. The van der Waals surface area contributed by atoms with Crippen molar-refractivity contribution in [3.05, 3.63) is 65.9 Å². The lowest BCUT2D eigenvalue weighted by Gasteiger charge is -2.17. The lowest BCUT2D eigenvalue weighted by molar-refractivity contribution is -0.142. The molecule has 1 amide bonds. The third kappa shape index (κ3) is 4.40. The summed E-state index contributed by atoms with van der Waals surface area (Å²) < 4.78 is 33.6. The fourth-order valence-electron chi connectivity index (χ4n) is 2.81. The minimum atomic E-state index is -3.38. The summed E-state index contributed by atoms with van der Waals surface area (Å²) in [5, 5.41) is 3.50. The zero-order valence-corrected chi connectivity index (χ0v) is 16.2. The standard InChI is InChI=1S/C20H19NO6S/c1-26-20(23)17(11-13-4-3-5-16(10-13)28(2,24)25)21-19(22)15-7-6-14-8-9-27-18(14)12-15/h3-10,12,17H,11H2,1-2H3,(H,21,22)/t17-/m0/s1. The van der Waals surface area contributed by atoms with Crippen LogP contribution in [0.3, 0.4) is 0 Å². The largest absolute Gasteiger partial charge is 0.467 e. The number of benzene rings is 2. The number of ether oxygens (including phenoxy) is 1. The molecule has 1 N–H and O–H groups in total. The van der Waals surface area contributed by atoms with Gasteiger partial charge in [-0.2, -0.15) is 0 Å². The summed E-state index contributed by atoms with van der Waals surface area (Å²) >= 11 is 0. The number of methoxy groups -OCH3 is 1. The second-order valence-electron chi connectivity index (χ2n) is 6.35. The lowest BCUT2D eigenvalue weighted by atomic mass is 10.1. The van der Waals surface area contributed by atoms with Gasteiger partial charge in [0.2, 0.25) is 0 Å². The Morgan fingerprint density at radius 2 is 1.93 bits per heavy atom. The molecular weight excluding hydrogens is 382 g/mol. The summed E-state index contributed by atoms with van der Waals surface area (Å²) in [7, 11) is -2.16. The molecule has 28 heavy (non-hydrogen) atoms. The predicted molar refractivity (Wildman–Crippen MR) is 103 cm³/mol. The van der Waals surface area contributed by atoms with E-state index >= 15 is 0 Å². The van der Waals surface area contributed by atoms with E-state index in [0.29, 0.717) is 16.7 Å². The quantitative estimate of drug-likeness (QED) is 0.636. The molecule has 1 aromatic heterocycles. The molecule has 0 saturated heterocycles. The molecule has 3 rings (SSSR count). The molecule has 2 aromatic carbocycles. The molecule has 0 saturated carbocycles. The fourth-order valence-corrected chi connectivity index (χ4v) is 3.50. The zero-order valence-electron chi connectivity index (χ0n) is 15.3. The molecule has 0 spiro atoms. The van der Waals surface area contributed by atoms with Gasteiger partial charge in [0, 0.05) is 23.6 Å². The number of amides is 1. The van der Waals surface area contributed by atoms with Crippen LogP contribution in [0.15, 0.2) is 64.1 Å². The van der Waals surface area contributed by atoms with Crippen molar-refractivity contribution in [3.63, 3.8) is 0 Å². The van der Waals surface area contributed by atoms with Crippen LogP contribution < -0.4 is 5.32 Å². The van der Waals surface area contributed by atoms with Gasteiger partial charge in [-0.25, -0.2) is 13.2 Å². The monoisotopic (exact) mass is 401 g/mol. The number of hydrogen-bond donors (Lipinski definition) is 1. The van der Waals surface area contributed by atoms with Crippen LogP contribution in [0, 0.1) is 0 Å².